The molecule has 2 N–H and O–H groups in total. The van der Waals surface area contributed by atoms with Crippen molar-refractivity contribution < 1.29 is 4.74 Å². The van der Waals surface area contributed by atoms with Gasteiger partial charge in [0.15, 0.2) is 0 Å². The molecule has 3 rings (SSSR count). The minimum absolute atomic E-state index is 0.226. The van der Waals surface area contributed by atoms with Gasteiger partial charge in [-0.2, -0.15) is 0 Å². The molecule has 0 saturated carbocycles. The van der Waals surface area contributed by atoms with Gasteiger partial charge in [-0.1, -0.05) is 0 Å². The minimum Gasteiger partial charge on any atom is -0.399 e. The third kappa shape index (κ3) is 2.10. The van der Waals surface area contributed by atoms with E-state index in [1.54, 1.807) is 6.33 Å². The standard InChI is InChI=1S/C14H18N4O/c1-9-13(5-6-19-9)18(2)14-11-4-3-10(15)7-12(11)16-8-17-14/h3-4,7-9,13H,5-6,15H2,1-2H3. The van der Waals surface area contributed by atoms with Crippen LogP contribution in [0, 0.1) is 0 Å². The number of nitrogens with two attached hydrogens (primary N) is 1. The molecule has 100 valence electrons. The SMILES string of the molecule is CC1OCCC1N(C)c1ncnc2cc(N)ccc12. The Balaban J connectivity index is 2.04. The quantitative estimate of drug-likeness (QED) is 0.832. The second-order valence-corrected chi connectivity index (χ2v) is 5.02. The normalized spacial score (nSPS) is 22.8. The van der Waals surface area contributed by atoms with Crippen molar-refractivity contribution in [3.8, 4) is 0 Å². The van der Waals surface area contributed by atoms with Gasteiger partial charge in [0.05, 0.1) is 17.7 Å². The summed E-state index contributed by atoms with van der Waals surface area (Å²) in [5.74, 6) is 0.937. The van der Waals surface area contributed by atoms with Crippen LogP contribution < -0.4 is 10.6 Å². The number of aromatic nitrogens is 2. The monoisotopic (exact) mass is 258 g/mol. The van der Waals surface area contributed by atoms with Crippen LogP contribution in [0.5, 0.6) is 0 Å². The second kappa shape index (κ2) is 4.66. The number of nitrogens with zero attached hydrogens (tertiary/aromatic N) is 3. The first kappa shape index (κ1) is 12.2. The van der Waals surface area contributed by atoms with Crippen LogP contribution in [0.15, 0.2) is 24.5 Å². The largest absolute Gasteiger partial charge is 0.399 e. The maximum absolute atomic E-state index is 5.80. The molecule has 0 bridgehead atoms. The van der Waals surface area contributed by atoms with Crippen LogP contribution in [0.25, 0.3) is 10.9 Å². The van der Waals surface area contributed by atoms with Crippen LogP contribution in [0.4, 0.5) is 11.5 Å². The van der Waals surface area contributed by atoms with E-state index in [-0.39, 0.29) is 6.10 Å². The summed E-state index contributed by atoms with van der Waals surface area (Å²) in [6.45, 7) is 2.92. The van der Waals surface area contributed by atoms with Crippen molar-refractivity contribution in [3.63, 3.8) is 0 Å². The number of benzene rings is 1. The summed E-state index contributed by atoms with van der Waals surface area (Å²) in [6, 6.07) is 6.10. The molecule has 2 unspecified atom stereocenters. The number of ether oxygens (including phenoxy) is 1. The highest BCUT2D eigenvalue weighted by molar-refractivity contribution is 5.91. The lowest BCUT2D eigenvalue weighted by Crippen LogP contribution is -2.37. The zero-order valence-corrected chi connectivity index (χ0v) is 11.2. The molecule has 5 heteroatoms. The van der Waals surface area contributed by atoms with Crippen molar-refractivity contribution in [1.82, 2.24) is 9.97 Å². The first-order chi connectivity index (χ1) is 9.16. The number of anilines is 2. The van der Waals surface area contributed by atoms with E-state index in [2.05, 4.69) is 28.8 Å². The molecule has 0 amide bonds. The Kier molecular flexibility index (Phi) is 2.98. The van der Waals surface area contributed by atoms with Gasteiger partial charge in [-0.3, -0.25) is 0 Å². The molecular formula is C14H18N4O. The number of likely N-dealkylation sites (N-methyl/N-ethyl adjacent to an activating group) is 1. The molecule has 1 saturated heterocycles. The fourth-order valence-electron chi connectivity index (χ4n) is 2.73. The van der Waals surface area contributed by atoms with Crippen LogP contribution in [-0.4, -0.2) is 35.8 Å². The molecular weight excluding hydrogens is 240 g/mol. The molecule has 1 aromatic heterocycles. The van der Waals surface area contributed by atoms with Gasteiger partial charge in [0, 0.05) is 24.7 Å². The van der Waals surface area contributed by atoms with Crippen molar-refractivity contribution in [3.05, 3.63) is 24.5 Å². The van der Waals surface area contributed by atoms with Gasteiger partial charge in [-0.05, 0) is 31.5 Å². The molecule has 0 radical (unpaired) electrons. The lowest BCUT2D eigenvalue weighted by molar-refractivity contribution is 0.118. The third-order valence-corrected chi connectivity index (χ3v) is 3.81. The molecule has 1 aromatic carbocycles. The summed E-state index contributed by atoms with van der Waals surface area (Å²) in [7, 11) is 2.06. The number of rotatable bonds is 2. The van der Waals surface area contributed by atoms with E-state index in [4.69, 9.17) is 10.5 Å². The van der Waals surface area contributed by atoms with E-state index >= 15 is 0 Å². The molecule has 0 aliphatic carbocycles. The van der Waals surface area contributed by atoms with Gasteiger partial charge in [-0.25, -0.2) is 9.97 Å². The predicted octanol–water partition coefficient (Wildman–Crippen LogP) is 1.83. The Hall–Kier alpha value is -1.88. The first-order valence-electron chi connectivity index (χ1n) is 6.51. The zero-order chi connectivity index (χ0) is 13.4. The second-order valence-electron chi connectivity index (χ2n) is 5.02. The lowest BCUT2D eigenvalue weighted by atomic mass is 10.1. The van der Waals surface area contributed by atoms with Crippen molar-refractivity contribution in [2.45, 2.75) is 25.5 Å². The van der Waals surface area contributed by atoms with Gasteiger partial charge < -0.3 is 15.4 Å². The van der Waals surface area contributed by atoms with E-state index in [1.165, 1.54) is 0 Å². The molecule has 0 spiro atoms. The maximum atomic E-state index is 5.80. The third-order valence-electron chi connectivity index (χ3n) is 3.81. The van der Waals surface area contributed by atoms with Gasteiger partial charge in [0.2, 0.25) is 0 Å². The molecule has 5 nitrogen and oxygen atoms in total. The van der Waals surface area contributed by atoms with Crippen molar-refractivity contribution >= 4 is 22.4 Å². The minimum atomic E-state index is 0.226. The van der Waals surface area contributed by atoms with E-state index in [1.807, 2.05) is 18.2 Å². The van der Waals surface area contributed by atoms with Crippen molar-refractivity contribution in [2.24, 2.45) is 0 Å². The highest BCUT2D eigenvalue weighted by Gasteiger charge is 2.29. The highest BCUT2D eigenvalue weighted by atomic mass is 16.5. The number of hydrogen-bond donors (Lipinski definition) is 1. The predicted molar refractivity (Wildman–Crippen MR) is 76.2 cm³/mol. The van der Waals surface area contributed by atoms with Crippen LogP contribution in [0.2, 0.25) is 0 Å². The van der Waals surface area contributed by atoms with Gasteiger partial charge >= 0.3 is 0 Å². The lowest BCUT2D eigenvalue weighted by Gasteiger charge is -2.28. The summed E-state index contributed by atoms with van der Waals surface area (Å²) in [5.41, 5.74) is 7.40. The Bertz CT molecular complexity index is 601. The summed E-state index contributed by atoms with van der Waals surface area (Å²) in [5, 5.41) is 1.03. The van der Waals surface area contributed by atoms with Crippen LogP contribution in [0.3, 0.4) is 0 Å². The topological polar surface area (TPSA) is 64.3 Å². The summed E-state index contributed by atoms with van der Waals surface area (Å²) in [4.78, 5) is 10.9. The number of nitrogen functional groups attached to an aromatic ring is 1. The zero-order valence-electron chi connectivity index (χ0n) is 11.2. The summed E-state index contributed by atoms with van der Waals surface area (Å²) in [6.07, 6.45) is 2.84. The molecule has 1 aliphatic rings. The Labute approximate surface area is 112 Å². The van der Waals surface area contributed by atoms with E-state index < -0.39 is 0 Å². The van der Waals surface area contributed by atoms with Gasteiger partial charge in [0.25, 0.3) is 0 Å². The Morgan fingerprint density at radius 2 is 2.21 bits per heavy atom. The van der Waals surface area contributed by atoms with Gasteiger partial charge in [0.1, 0.15) is 12.1 Å². The molecule has 2 heterocycles. The number of fused-ring (bicyclic) bond motifs is 1. The molecule has 2 atom stereocenters. The van der Waals surface area contributed by atoms with Crippen LogP contribution in [0.1, 0.15) is 13.3 Å². The van der Waals surface area contributed by atoms with Crippen LogP contribution >= 0.6 is 0 Å². The molecule has 19 heavy (non-hydrogen) atoms. The summed E-state index contributed by atoms with van der Waals surface area (Å²) >= 11 is 0. The fourth-order valence-corrected chi connectivity index (χ4v) is 2.73. The van der Waals surface area contributed by atoms with Crippen molar-refractivity contribution in [2.75, 3.05) is 24.3 Å². The number of hydrogen-bond acceptors (Lipinski definition) is 5. The average molecular weight is 258 g/mol. The smallest absolute Gasteiger partial charge is 0.139 e. The average Bonchev–Trinajstić information content (AvgIpc) is 2.83. The molecule has 1 fully saturated rings. The van der Waals surface area contributed by atoms with E-state index in [0.29, 0.717) is 6.04 Å². The Morgan fingerprint density at radius 1 is 1.37 bits per heavy atom. The van der Waals surface area contributed by atoms with Crippen LogP contribution in [-0.2, 0) is 4.74 Å². The maximum Gasteiger partial charge on any atom is 0.139 e. The summed E-state index contributed by atoms with van der Waals surface area (Å²) < 4.78 is 5.63. The fraction of sp³-hybridized carbons (Fsp3) is 0.429. The Morgan fingerprint density at radius 3 is 2.95 bits per heavy atom. The van der Waals surface area contributed by atoms with Gasteiger partial charge in [-0.15, -0.1) is 0 Å². The first-order valence-corrected chi connectivity index (χ1v) is 6.51. The van der Waals surface area contributed by atoms with E-state index in [0.717, 1.165) is 35.4 Å². The highest BCUT2D eigenvalue weighted by Crippen LogP contribution is 2.28. The molecule has 2 aromatic rings. The molecule has 1 aliphatic heterocycles. The van der Waals surface area contributed by atoms with E-state index in [9.17, 15) is 0 Å². The van der Waals surface area contributed by atoms with Crippen molar-refractivity contribution in [1.29, 1.82) is 0 Å².